The molecule has 2 heterocycles. The molecule has 1 unspecified atom stereocenters. The number of hydrogen-bond donors (Lipinski definition) is 1. The number of ketones is 1. The quantitative estimate of drug-likeness (QED) is 0.300. The Labute approximate surface area is 205 Å². The van der Waals surface area contributed by atoms with E-state index in [9.17, 15) is 19.2 Å². The molecule has 0 bridgehead atoms. The Morgan fingerprint density at radius 2 is 1.69 bits per heavy atom. The molecule has 8 nitrogen and oxygen atoms in total. The fourth-order valence-electron chi connectivity index (χ4n) is 3.54. The van der Waals surface area contributed by atoms with Gasteiger partial charge >= 0.3 is 5.97 Å². The highest BCUT2D eigenvalue weighted by atomic mass is 32.1. The van der Waals surface area contributed by atoms with Gasteiger partial charge in [-0.25, -0.2) is 9.48 Å². The highest BCUT2D eigenvalue weighted by Crippen LogP contribution is 2.21. The van der Waals surface area contributed by atoms with Gasteiger partial charge in [0.1, 0.15) is 0 Å². The van der Waals surface area contributed by atoms with Crippen LogP contribution in [0.1, 0.15) is 44.4 Å². The summed E-state index contributed by atoms with van der Waals surface area (Å²) in [6.45, 7) is 3.42. The van der Waals surface area contributed by atoms with E-state index in [1.54, 1.807) is 36.4 Å². The summed E-state index contributed by atoms with van der Waals surface area (Å²) in [5, 5.41) is 7.69. The number of amides is 1. The molecule has 1 N–H and O–H groups in total. The number of esters is 1. The molecule has 1 atom stereocenters. The smallest absolute Gasteiger partial charge is 0.360 e. The van der Waals surface area contributed by atoms with E-state index < -0.39 is 12.1 Å². The first-order valence-corrected chi connectivity index (χ1v) is 11.8. The van der Waals surface area contributed by atoms with Crippen molar-refractivity contribution >= 4 is 39.8 Å². The Bertz CT molecular complexity index is 1460. The van der Waals surface area contributed by atoms with Gasteiger partial charge in [-0.05, 0) is 30.7 Å². The van der Waals surface area contributed by atoms with Gasteiger partial charge in [-0.3, -0.25) is 14.4 Å². The maximum Gasteiger partial charge on any atom is 0.360 e. The van der Waals surface area contributed by atoms with Crippen LogP contribution in [0.25, 0.3) is 10.8 Å². The van der Waals surface area contributed by atoms with Crippen LogP contribution in [-0.4, -0.2) is 33.5 Å². The minimum atomic E-state index is -1.06. The normalized spacial score (nSPS) is 11.7. The summed E-state index contributed by atoms with van der Waals surface area (Å²) in [6, 6.07) is 19.4. The molecule has 4 rings (SSSR count). The van der Waals surface area contributed by atoms with Crippen molar-refractivity contribution in [2.24, 2.45) is 0 Å². The molecular formula is C26H23N3O5S. The lowest BCUT2D eigenvalue weighted by Crippen LogP contribution is -2.29. The third kappa shape index (κ3) is 5.52. The molecule has 2 aromatic carbocycles. The lowest BCUT2D eigenvalue weighted by Gasteiger charge is -2.14. The number of ether oxygens (including phenoxy) is 1. The SMILES string of the molecule is CC(=O)NCc1ccc(C(=O)C(C)OC(=O)c2nn(Cc3ccccc3)c(=O)c3ccccc23)s1. The van der Waals surface area contributed by atoms with E-state index in [0.717, 1.165) is 10.4 Å². The average Bonchev–Trinajstić information content (AvgIpc) is 3.33. The molecule has 0 aliphatic carbocycles. The summed E-state index contributed by atoms with van der Waals surface area (Å²) >= 11 is 1.23. The van der Waals surface area contributed by atoms with Crippen LogP contribution in [0, 0.1) is 0 Å². The van der Waals surface area contributed by atoms with Crippen LogP contribution >= 0.6 is 11.3 Å². The van der Waals surface area contributed by atoms with E-state index in [2.05, 4.69) is 10.4 Å². The first-order valence-electron chi connectivity index (χ1n) is 11.0. The number of nitrogens with zero attached hydrogens (tertiary/aromatic N) is 2. The van der Waals surface area contributed by atoms with Gasteiger partial charge in [0.15, 0.2) is 11.8 Å². The first-order chi connectivity index (χ1) is 16.8. The Kier molecular flexibility index (Phi) is 7.17. The molecule has 0 fully saturated rings. The van der Waals surface area contributed by atoms with Crippen LogP contribution in [0.3, 0.4) is 0 Å². The zero-order valence-electron chi connectivity index (χ0n) is 19.2. The molecule has 0 saturated heterocycles. The number of rotatable bonds is 8. The van der Waals surface area contributed by atoms with Crippen LogP contribution in [0.2, 0.25) is 0 Å². The number of Topliss-reactive ketones (excluding diaryl/α,β-unsaturated/α-hetero) is 1. The highest BCUT2D eigenvalue weighted by Gasteiger charge is 2.25. The monoisotopic (exact) mass is 489 g/mol. The molecule has 0 aliphatic rings. The van der Waals surface area contributed by atoms with Gasteiger partial charge in [0.25, 0.3) is 5.56 Å². The van der Waals surface area contributed by atoms with Crippen LogP contribution in [0.4, 0.5) is 0 Å². The van der Waals surface area contributed by atoms with Crippen LogP contribution in [0.15, 0.2) is 71.5 Å². The van der Waals surface area contributed by atoms with Gasteiger partial charge in [0.05, 0.1) is 23.4 Å². The number of nitrogens with one attached hydrogen (secondary N) is 1. The van der Waals surface area contributed by atoms with Crippen LogP contribution in [-0.2, 0) is 22.6 Å². The lowest BCUT2D eigenvalue weighted by molar-refractivity contribution is -0.119. The molecule has 9 heteroatoms. The maximum absolute atomic E-state index is 13.1. The van der Waals surface area contributed by atoms with Gasteiger partial charge in [-0.2, -0.15) is 5.10 Å². The van der Waals surface area contributed by atoms with Crippen molar-refractivity contribution in [3.8, 4) is 0 Å². The van der Waals surface area contributed by atoms with Gasteiger partial charge in [0.2, 0.25) is 11.7 Å². The largest absolute Gasteiger partial charge is 0.449 e. The lowest BCUT2D eigenvalue weighted by atomic mass is 10.1. The average molecular weight is 490 g/mol. The van der Waals surface area contributed by atoms with E-state index in [0.29, 0.717) is 22.2 Å². The van der Waals surface area contributed by atoms with Crippen molar-refractivity contribution in [3.05, 3.63) is 98.1 Å². The predicted octanol–water partition coefficient (Wildman–Crippen LogP) is 3.57. The predicted molar refractivity (Wildman–Crippen MR) is 133 cm³/mol. The number of thiophene rings is 1. The third-order valence-corrected chi connectivity index (χ3v) is 6.41. The van der Waals surface area contributed by atoms with Crippen molar-refractivity contribution < 1.29 is 19.1 Å². The second-order valence-corrected chi connectivity index (χ2v) is 9.10. The summed E-state index contributed by atoms with van der Waals surface area (Å²) in [6.07, 6.45) is -1.06. The van der Waals surface area contributed by atoms with E-state index in [-0.39, 0.29) is 29.5 Å². The van der Waals surface area contributed by atoms with Crippen LogP contribution in [0.5, 0.6) is 0 Å². The molecule has 4 aromatic rings. The van der Waals surface area contributed by atoms with Crippen molar-refractivity contribution in [1.82, 2.24) is 15.1 Å². The first kappa shape index (κ1) is 24.0. The van der Waals surface area contributed by atoms with Gasteiger partial charge in [-0.1, -0.05) is 48.5 Å². The fourth-order valence-corrected chi connectivity index (χ4v) is 4.50. The summed E-state index contributed by atoms with van der Waals surface area (Å²) in [4.78, 5) is 51.3. The molecule has 0 aliphatic heterocycles. The zero-order valence-corrected chi connectivity index (χ0v) is 20.0. The van der Waals surface area contributed by atoms with Crippen LogP contribution < -0.4 is 10.9 Å². The molecule has 0 radical (unpaired) electrons. The molecular weight excluding hydrogens is 466 g/mol. The third-order valence-electron chi connectivity index (χ3n) is 5.31. The second-order valence-electron chi connectivity index (χ2n) is 7.93. The molecule has 1 amide bonds. The number of benzene rings is 2. The minimum absolute atomic E-state index is 0.0340. The summed E-state index contributed by atoms with van der Waals surface area (Å²) in [7, 11) is 0. The zero-order chi connectivity index (χ0) is 24.9. The summed E-state index contributed by atoms with van der Waals surface area (Å²) in [5.41, 5.74) is 0.497. The van der Waals surface area contributed by atoms with Crippen molar-refractivity contribution in [2.75, 3.05) is 0 Å². The topological polar surface area (TPSA) is 107 Å². The summed E-state index contributed by atoms with van der Waals surface area (Å²) < 4.78 is 6.71. The molecule has 2 aromatic heterocycles. The molecule has 0 saturated carbocycles. The minimum Gasteiger partial charge on any atom is -0.449 e. The van der Waals surface area contributed by atoms with Crippen molar-refractivity contribution in [2.45, 2.75) is 33.0 Å². The van der Waals surface area contributed by atoms with E-state index in [1.165, 1.54) is 29.9 Å². The molecule has 178 valence electrons. The van der Waals surface area contributed by atoms with Gasteiger partial charge in [-0.15, -0.1) is 11.3 Å². The number of fused-ring (bicyclic) bond motifs is 1. The highest BCUT2D eigenvalue weighted by molar-refractivity contribution is 7.14. The Balaban J connectivity index is 1.58. The summed E-state index contributed by atoms with van der Waals surface area (Å²) in [5.74, 6) is -1.32. The van der Waals surface area contributed by atoms with Crippen molar-refractivity contribution in [3.63, 3.8) is 0 Å². The second kappa shape index (κ2) is 10.4. The number of carbonyl (C=O) groups excluding carboxylic acids is 3. The van der Waals surface area contributed by atoms with E-state index in [4.69, 9.17) is 4.74 Å². The van der Waals surface area contributed by atoms with Crippen molar-refractivity contribution in [1.29, 1.82) is 0 Å². The number of carbonyl (C=O) groups is 3. The Hall–Kier alpha value is -4.11. The standard InChI is InChI=1S/C26H23N3O5S/c1-16(24(31)22-13-12-19(35-22)14-27-17(2)30)34-26(33)23-20-10-6-7-11-21(20)25(32)29(28-23)15-18-8-4-3-5-9-18/h3-13,16H,14-15H2,1-2H3,(H,27,30). The maximum atomic E-state index is 13.1. The Morgan fingerprint density at radius 3 is 2.40 bits per heavy atom. The van der Waals surface area contributed by atoms with E-state index >= 15 is 0 Å². The fraction of sp³-hybridized carbons (Fsp3) is 0.192. The van der Waals surface area contributed by atoms with Gasteiger partial charge < -0.3 is 10.1 Å². The number of aromatic nitrogens is 2. The Morgan fingerprint density at radius 1 is 1.00 bits per heavy atom. The van der Waals surface area contributed by atoms with E-state index in [1.807, 2.05) is 30.3 Å². The molecule has 0 spiro atoms. The number of hydrogen-bond acceptors (Lipinski definition) is 7. The van der Waals surface area contributed by atoms with Gasteiger partial charge in [0, 0.05) is 17.2 Å². The molecule has 35 heavy (non-hydrogen) atoms.